The highest BCUT2D eigenvalue weighted by atomic mass is 19.3. The van der Waals surface area contributed by atoms with E-state index >= 15 is 0 Å². The first-order valence-electron chi connectivity index (χ1n) is 12.4. The smallest absolute Gasteiger partial charge is 0.238 e. The number of amides is 1. The Balaban J connectivity index is 3.63. The molecule has 1 amide bonds. The van der Waals surface area contributed by atoms with Crippen molar-refractivity contribution in [2.75, 3.05) is 6.54 Å². The van der Waals surface area contributed by atoms with E-state index in [9.17, 15) is 13.6 Å². The zero-order valence-corrected chi connectivity index (χ0v) is 19.8. The Morgan fingerprint density at radius 2 is 1.10 bits per heavy atom. The molecule has 0 unspecified atom stereocenters. The number of hydrogen-bond donors (Lipinski definition) is 1. The van der Waals surface area contributed by atoms with Gasteiger partial charge in [-0.05, 0) is 37.5 Å². The Bertz CT molecular complexity index is 449. The molecule has 4 heteroatoms. The summed E-state index contributed by atoms with van der Waals surface area (Å²) in [5, 5.41) is 3.11. The van der Waals surface area contributed by atoms with Crippen molar-refractivity contribution in [1.29, 1.82) is 0 Å². The molecule has 2 nitrogen and oxygen atoms in total. The summed E-state index contributed by atoms with van der Waals surface area (Å²) >= 11 is 0. The van der Waals surface area contributed by atoms with Crippen molar-refractivity contribution >= 4 is 5.91 Å². The van der Waals surface area contributed by atoms with Crippen LogP contribution in [0.2, 0.25) is 0 Å². The van der Waals surface area contributed by atoms with Gasteiger partial charge in [-0.15, -0.1) is 19.7 Å². The van der Waals surface area contributed by atoms with Crippen molar-refractivity contribution in [2.45, 2.75) is 116 Å². The quantitative estimate of drug-likeness (QED) is 0.125. The zero-order chi connectivity index (χ0) is 23.2. The number of allylic oxidation sites excluding steroid dienone is 3. The van der Waals surface area contributed by atoms with Crippen LogP contribution >= 0.6 is 0 Å². The van der Waals surface area contributed by atoms with E-state index in [2.05, 4.69) is 25.1 Å². The molecule has 0 aliphatic carbocycles. The topological polar surface area (TPSA) is 29.1 Å². The molecule has 1 N–H and O–H groups in total. The second kappa shape index (κ2) is 20.5. The summed E-state index contributed by atoms with van der Waals surface area (Å²) < 4.78 is 24.1. The number of alkyl halides is 2. The molecule has 0 bridgehead atoms. The van der Waals surface area contributed by atoms with E-state index in [0.29, 0.717) is 19.4 Å². The molecule has 0 aliphatic rings. The Labute approximate surface area is 190 Å². The van der Waals surface area contributed by atoms with Gasteiger partial charge in [-0.2, -0.15) is 0 Å². The minimum Gasteiger partial charge on any atom is -0.356 e. The van der Waals surface area contributed by atoms with Crippen molar-refractivity contribution in [3.8, 4) is 0 Å². The lowest BCUT2D eigenvalue weighted by Crippen LogP contribution is -2.37. The summed E-state index contributed by atoms with van der Waals surface area (Å²) in [5.74, 6) is 0.134. The van der Waals surface area contributed by atoms with Crippen LogP contribution in [0.1, 0.15) is 109 Å². The number of rotatable bonds is 23. The van der Waals surface area contributed by atoms with Gasteiger partial charge in [0.15, 0.2) is 0 Å². The van der Waals surface area contributed by atoms with Crippen LogP contribution in [0.15, 0.2) is 38.0 Å². The lowest BCUT2D eigenvalue weighted by Gasteiger charge is -2.31. The van der Waals surface area contributed by atoms with Gasteiger partial charge in [0.1, 0.15) is 0 Å². The van der Waals surface area contributed by atoms with Crippen molar-refractivity contribution in [2.24, 2.45) is 5.41 Å². The maximum Gasteiger partial charge on any atom is 0.238 e. The standard InChI is InChI=1S/C27H47F2NO/c1-4-21-27(22-5-2,23-6-3)24-30-26(31)20-18-16-14-12-10-8-7-9-11-13-15-17-19-25(28)29/h4-6,25H,1-3,7-24H2,(H,30,31). The van der Waals surface area contributed by atoms with Crippen LogP contribution in [0.5, 0.6) is 0 Å². The first-order valence-corrected chi connectivity index (χ1v) is 12.4. The minimum absolute atomic E-state index is 0.0489. The molecule has 0 aromatic heterocycles. The van der Waals surface area contributed by atoms with Gasteiger partial charge in [0, 0.05) is 19.4 Å². The second-order valence-electron chi connectivity index (χ2n) is 8.93. The van der Waals surface area contributed by atoms with Crippen LogP contribution in [-0.4, -0.2) is 18.9 Å². The van der Waals surface area contributed by atoms with Gasteiger partial charge in [-0.25, -0.2) is 8.78 Å². The van der Waals surface area contributed by atoms with Crippen LogP contribution < -0.4 is 5.32 Å². The maximum absolute atomic E-state index is 12.2. The van der Waals surface area contributed by atoms with E-state index < -0.39 is 6.43 Å². The summed E-state index contributed by atoms with van der Waals surface area (Å²) in [4.78, 5) is 12.2. The molecule has 0 spiro atoms. The Morgan fingerprint density at radius 3 is 1.48 bits per heavy atom. The van der Waals surface area contributed by atoms with E-state index in [0.717, 1.165) is 44.9 Å². The van der Waals surface area contributed by atoms with Gasteiger partial charge in [0.2, 0.25) is 12.3 Å². The molecular formula is C27H47F2NO. The van der Waals surface area contributed by atoms with Gasteiger partial charge in [-0.3, -0.25) is 4.79 Å². The van der Waals surface area contributed by atoms with Crippen molar-refractivity contribution in [3.63, 3.8) is 0 Å². The third-order valence-electron chi connectivity index (χ3n) is 5.97. The molecule has 0 aliphatic heterocycles. The summed E-state index contributed by atoms with van der Waals surface area (Å²) in [5.41, 5.74) is -0.0489. The predicted octanol–water partition coefficient (Wildman–Crippen LogP) is 8.54. The van der Waals surface area contributed by atoms with Crippen molar-refractivity contribution in [3.05, 3.63) is 38.0 Å². The van der Waals surface area contributed by atoms with Gasteiger partial charge >= 0.3 is 0 Å². The molecule has 0 aromatic rings. The van der Waals surface area contributed by atoms with Crippen molar-refractivity contribution in [1.82, 2.24) is 5.32 Å². The first-order chi connectivity index (χ1) is 15.0. The predicted molar refractivity (Wildman–Crippen MR) is 131 cm³/mol. The molecule has 0 radical (unpaired) electrons. The third kappa shape index (κ3) is 17.9. The van der Waals surface area contributed by atoms with E-state index in [1.165, 1.54) is 44.9 Å². The molecule has 0 atom stereocenters. The Morgan fingerprint density at radius 1 is 0.710 bits per heavy atom. The molecule has 0 saturated heterocycles. The molecular weight excluding hydrogens is 392 g/mol. The van der Waals surface area contributed by atoms with E-state index in [1.54, 1.807) is 0 Å². The lowest BCUT2D eigenvalue weighted by atomic mass is 9.78. The lowest BCUT2D eigenvalue weighted by molar-refractivity contribution is -0.121. The largest absolute Gasteiger partial charge is 0.356 e. The molecule has 31 heavy (non-hydrogen) atoms. The number of carbonyl (C=O) groups is 1. The van der Waals surface area contributed by atoms with Crippen LogP contribution in [0.4, 0.5) is 8.78 Å². The number of nitrogens with one attached hydrogen (secondary N) is 1. The highest BCUT2D eigenvalue weighted by molar-refractivity contribution is 5.75. The molecule has 180 valence electrons. The van der Waals surface area contributed by atoms with Crippen LogP contribution in [0.3, 0.4) is 0 Å². The fourth-order valence-corrected chi connectivity index (χ4v) is 4.11. The molecule has 0 fully saturated rings. The monoisotopic (exact) mass is 439 g/mol. The number of unbranched alkanes of at least 4 members (excludes halogenated alkanes) is 11. The minimum atomic E-state index is -2.14. The molecule has 0 aromatic carbocycles. The number of hydrogen-bond acceptors (Lipinski definition) is 1. The fraction of sp³-hybridized carbons (Fsp3) is 0.741. The van der Waals surface area contributed by atoms with E-state index in [1.807, 2.05) is 18.2 Å². The second-order valence-corrected chi connectivity index (χ2v) is 8.93. The van der Waals surface area contributed by atoms with Crippen molar-refractivity contribution < 1.29 is 13.6 Å². The molecule has 0 rings (SSSR count). The average Bonchev–Trinajstić information content (AvgIpc) is 2.73. The molecule has 0 heterocycles. The number of carbonyl (C=O) groups excluding carboxylic acids is 1. The zero-order valence-electron chi connectivity index (χ0n) is 19.8. The SMILES string of the molecule is C=CCC(CC=C)(CC=C)CNC(=O)CCCCCCCCCCCCCCC(F)F. The third-order valence-corrected chi connectivity index (χ3v) is 5.97. The first kappa shape index (κ1) is 29.5. The summed E-state index contributed by atoms with van der Waals surface area (Å²) in [6, 6.07) is 0. The summed E-state index contributed by atoms with van der Waals surface area (Å²) in [7, 11) is 0. The summed E-state index contributed by atoms with van der Waals surface area (Å²) in [6.07, 6.45) is 20.1. The average molecular weight is 440 g/mol. The number of halogens is 2. The van der Waals surface area contributed by atoms with E-state index in [-0.39, 0.29) is 17.7 Å². The fourth-order valence-electron chi connectivity index (χ4n) is 4.11. The van der Waals surface area contributed by atoms with Gasteiger partial charge < -0.3 is 5.32 Å². The van der Waals surface area contributed by atoms with Gasteiger partial charge in [0.25, 0.3) is 0 Å². The Hall–Kier alpha value is -1.45. The van der Waals surface area contributed by atoms with Crippen LogP contribution in [0, 0.1) is 5.41 Å². The molecule has 0 saturated carbocycles. The van der Waals surface area contributed by atoms with Crippen LogP contribution in [-0.2, 0) is 4.79 Å². The van der Waals surface area contributed by atoms with Crippen LogP contribution in [0.25, 0.3) is 0 Å². The highest BCUT2D eigenvalue weighted by Gasteiger charge is 2.26. The Kier molecular flexibility index (Phi) is 19.5. The normalized spacial score (nSPS) is 11.5. The maximum atomic E-state index is 12.2. The van der Waals surface area contributed by atoms with Gasteiger partial charge in [0.05, 0.1) is 0 Å². The van der Waals surface area contributed by atoms with Gasteiger partial charge in [-0.1, -0.05) is 82.4 Å². The van der Waals surface area contributed by atoms with E-state index in [4.69, 9.17) is 0 Å². The summed E-state index contributed by atoms with van der Waals surface area (Å²) in [6.45, 7) is 12.2. The highest BCUT2D eigenvalue weighted by Crippen LogP contribution is 2.31.